The Kier molecular flexibility index (Phi) is 3.88. The number of amides is 1. The average Bonchev–Trinajstić information content (AvgIpc) is 3.12. The molecule has 2 aromatic heterocycles. The molecule has 8 heteroatoms. The van der Waals surface area contributed by atoms with Crippen molar-refractivity contribution < 1.29 is 13.7 Å². The molecule has 0 spiro atoms. The van der Waals surface area contributed by atoms with Gasteiger partial charge >= 0.3 is 11.8 Å². The largest absolute Gasteiger partial charge is 0.344 e. The van der Waals surface area contributed by atoms with E-state index < -0.39 is 5.91 Å². The third kappa shape index (κ3) is 3.25. The molecule has 0 fully saturated rings. The number of halogens is 1. The van der Waals surface area contributed by atoms with Crippen LogP contribution < -0.4 is 5.32 Å². The first-order chi connectivity index (χ1) is 11.0. The Morgan fingerprint density at radius 3 is 2.74 bits per heavy atom. The van der Waals surface area contributed by atoms with Crippen molar-refractivity contribution >= 4 is 5.91 Å². The molecule has 0 aliphatic rings. The Bertz CT molecular complexity index is 838. The fourth-order valence-corrected chi connectivity index (χ4v) is 2.11. The van der Waals surface area contributed by atoms with E-state index in [1.165, 1.54) is 24.3 Å². The lowest BCUT2D eigenvalue weighted by atomic mass is 10.2. The average molecular weight is 315 g/mol. The zero-order valence-corrected chi connectivity index (χ0v) is 12.6. The van der Waals surface area contributed by atoms with Crippen molar-refractivity contribution in [1.29, 1.82) is 0 Å². The van der Waals surface area contributed by atoms with Crippen LogP contribution in [0.25, 0.3) is 11.4 Å². The minimum atomic E-state index is -0.478. The Morgan fingerprint density at radius 2 is 2.09 bits per heavy atom. The Balaban J connectivity index is 1.69. The van der Waals surface area contributed by atoms with E-state index in [2.05, 4.69) is 20.6 Å². The summed E-state index contributed by atoms with van der Waals surface area (Å²) in [5.41, 5.74) is 2.31. The summed E-state index contributed by atoms with van der Waals surface area (Å²) in [4.78, 5) is 16.1. The summed E-state index contributed by atoms with van der Waals surface area (Å²) in [6.07, 6.45) is 1.83. The van der Waals surface area contributed by atoms with Crippen LogP contribution in [0, 0.1) is 12.7 Å². The zero-order chi connectivity index (χ0) is 16.4. The number of nitrogens with zero attached hydrogens (tertiary/aromatic N) is 4. The van der Waals surface area contributed by atoms with Gasteiger partial charge in [0.15, 0.2) is 0 Å². The van der Waals surface area contributed by atoms with Crippen LogP contribution in [0.2, 0.25) is 0 Å². The summed E-state index contributed by atoms with van der Waals surface area (Å²) in [7, 11) is 1.81. The molecule has 0 bridgehead atoms. The number of benzene rings is 1. The standard InChI is InChI=1S/C15H14FN5O2/c1-9-11(8-21(2)19-9)7-17-14(22)15-18-13(20-23-15)10-3-5-12(16)6-4-10/h3-6,8H,7H2,1-2H3,(H,17,22). The maximum Gasteiger partial charge on any atom is 0.316 e. The summed E-state index contributed by atoms with van der Waals surface area (Å²) in [5.74, 6) is -0.755. The molecule has 3 rings (SSSR count). The van der Waals surface area contributed by atoms with Crippen LogP contribution in [0.5, 0.6) is 0 Å². The van der Waals surface area contributed by atoms with Gasteiger partial charge in [0.2, 0.25) is 5.82 Å². The monoisotopic (exact) mass is 315 g/mol. The van der Waals surface area contributed by atoms with E-state index in [1.54, 1.807) is 4.68 Å². The van der Waals surface area contributed by atoms with E-state index in [9.17, 15) is 9.18 Å². The van der Waals surface area contributed by atoms with E-state index in [0.717, 1.165) is 11.3 Å². The number of carbonyl (C=O) groups is 1. The molecule has 0 aliphatic carbocycles. The molecule has 23 heavy (non-hydrogen) atoms. The number of rotatable bonds is 4. The van der Waals surface area contributed by atoms with Crippen LogP contribution >= 0.6 is 0 Å². The molecule has 0 saturated heterocycles. The Hall–Kier alpha value is -3.03. The molecule has 2 heterocycles. The lowest BCUT2D eigenvalue weighted by molar-refractivity contribution is 0.0907. The highest BCUT2D eigenvalue weighted by molar-refractivity contribution is 5.89. The minimum Gasteiger partial charge on any atom is -0.344 e. The highest BCUT2D eigenvalue weighted by Crippen LogP contribution is 2.16. The van der Waals surface area contributed by atoms with Crippen LogP contribution in [-0.4, -0.2) is 25.8 Å². The number of aryl methyl sites for hydroxylation is 2. The van der Waals surface area contributed by atoms with Gasteiger partial charge in [0.25, 0.3) is 0 Å². The van der Waals surface area contributed by atoms with Gasteiger partial charge in [-0.2, -0.15) is 10.1 Å². The van der Waals surface area contributed by atoms with E-state index in [1.807, 2.05) is 20.2 Å². The van der Waals surface area contributed by atoms with E-state index in [4.69, 9.17) is 4.52 Å². The van der Waals surface area contributed by atoms with Crippen molar-refractivity contribution in [2.24, 2.45) is 7.05 Å². The molecule has 0 atom stereocenters. The summed E-state index contributed by atoms with van der Waals surface area (Å²) >= 11 is 0. The molecule has 118 valence electrons. The number of aromatic nitrogens is 4. The topological polar surface area (TPSA) is 85.8 Å². The Morgan fingerprint density at radius 1 is 1.35 bits per heavy atom. The SMILES string of the molecule is Cc1nn(C)cc1CNC(=O)c1nc(-c2ccc(F)cc2)no1. The van der Waals surface area contributed by atoms with Crippen LogP contribution in [0.1, 0.15) is 21.9 Å². The third-order valence-electron chi connectivity index (χ3n) is 3.28. The second-order valence-corrected chi connectivity index (χ2v) is 5.03. The predicted octanol–water partition coefficient (Wildman–Crippen LogP) is 1.85. The first-order valence-electron chi connectivity index (χ1n) is 6.90. The number of nitrogens with one attached hydrogen (secondary N) is 1. The quantitative estimate of drug-likeness (QED) is 0.794. The molecule has 1 amide bonds. The van der Waals surface area contributed by atoms with Crippen molar-refractivity contribution in [3.63, 3.8) is 0 Å². The molecule has 0 aliphatic heterocycles. The lowest BCUT2D eigenvalue weighted by Gasteiger charge is -1.99. The lowest BCUT2D eigenvalue weighted by Crippen LogP contribution is -2.23. The Labute approximate surface area is 131 Å². The van der Waals surface area contributed by atoms with Crippen molar-refractivity contribution in [3.8, 4) is 11.4 Å². The van der Waals surface area contributed by atoms with Crippen molar-refractivity contribution in [1.82, 2.24) is 25.2 Å². The van der Waals surface area contributed by atoms with E-state index >= 15 is 0 Å². The normalized spacial score (nSPS) is 10.7. The van der Waals surface area contributed by atoms with Gasteiger partial charge < -0.3 is 9.84 Å². The predicted molar refractivity (Wildman–Crippen MR) is 78.8 cm³/mol. The summed E-state index contributed by atoms with van der Waals surface area (Å²) < 4.78 is 19.5. The highest BCUT2D eigenvalue weighted by atomic mass is 19.1. The van der Waals surface area contributed by atoms with Crippen molar-refractivity contribution in [2.75, 3.05) is 0 Å². The number of carbonyl (C=O) groups excluding carboxylic acids is 1. The molecule has 1 aromatic carbocycles. The van der Waals surface area contributed by atoms with Gasteiger partial charge in [-0.15, -0.1) is 0 Å². The molecule has 7 nitrogen and oxygen atoms in total. The maximum atomic E-state index is 12.9. The van der Waals surface area contributed by atoms with Gasteiger partial charge in [-0.3, -0.25) is 9.48 Å². The number of hydrogen-bond acceptors (Lipinski definition) is 5. The van der Waals surface area contributed by atoms with Gasteiger partial charge in [-0.1, -0.05) is 5.16 Å². The van der Waals surface area contributed by atoms with Crippen LogP contribution in [-0.2, 0) is 13.6 Å². The van der Waals surface area contributed by atoms with Gasteiger partial charge in [-0.25, -0.2) is 4.39 Å². The molecule has 0 radical (unpaired) electrons. The fraction of sp³-hybridized carbons (Fsp3) is 0.200. The first kappa shape index (κ1) is 14.9. The van der Waals surface area contributed by atoms with Crippen molar-refractivity contribution in [2.45, 2.75) is 13.5 Å². The molecular weight excluding hydrogens is 301 g/mol. The first-order valence-corrected chi connectivity index (χ1v) is 6.90. The number of hydrogen-bond donors (Lipinski definition) is 1. The van der Waals surface area contributed by atoms with Gasteiger partial charge in [0.05, 0.1) is 5.69 Å². The third-order valence-corrected chi connectivity index (χ3v) is 3.28. The van der Waals surface area contributed by atoms with Crippen molar-refractivity contribution in [3.05, 3.63) is 53.4 Å². The summed E-state index contributed by atoms with van der Waals surface area (Å²) in [5, 5.41) is 10.6. The minimum absolute atomic E-state index is 0.147. The fourth-order valence-electron chi connectivity index (χ4n) is 2.11. The van der Waals surface area contributed by atoms with Gasteiger partial charge in [0.1, 0.15) is 5.82 Å². The smallest absolute Gasteiger partial charge is 0.316 e. The maximum absolute atomic E-state index is 12.9. The second-order valence-electron chi connectivity index (χ2n) is 5.03. The molecule has 0 unspecified atom stereocenters. The second kappa shape index (κ2) is 5.99. The highest BCUT2D eigenvalue weighted by Gasteiger charge is 2.16. The molecular formula is C15H14FN5O2. The van der Waals surface area contributed by atoms with Gasteiger partial charge in [-0.05, 0) is 31.2 Å². The van der Waals surface area contributed by atoms with E-state index in [-0.39, 0.29) is 17.5 Å². The van der Waals surface area contributed by atoms with Crippen LogP contribution in [0.15, 0.2) is 35.0 Å². The van der Waals surface area contributed by atoms with E-state index in [0.29, 0.717) is 12.1 Å². The van der Waals surface area contributed by atoms with Crippen LogP contribution in [0.3, 0.4) is 0 Å². The molecule has 0 saturated carbocycles. The zero-order valence-electron chi connectivity index (χ0n) is 12.6. The summed E-state index contributed by atoms with van der Waals surface area (Å²) in [6, 6.07) is 5.61. The molecule has 3 aromatic rings. The van der Waals surface area contributed by atoms with Gasteiger partial charge in [0, 0.05) is 30.9 Å². The van der Waals surface area contributed by atoms with Crippen LogP contribution in [0.4, 0.5) is 4.39 Å². The summed E-state index contributed by atoms with van der Waals surface area (Å²) in [6.45, 7) is 2.17. The molecule has 1 N–H and O–H groups in total.